The molecule has 0 radical (unpaired) electrons. The molecule has 74 valence electrons. The van der Waals surface area contributed by atoms with E-state index in [-0.39, 0.29) is 0 Å². The van der Waals surface area contributed by atoms with Crippen molar-refractivity contribution in [2.75, 3.05) is 19.3 Å². The molecule has 0 aliphatic rings. The Bertz CT molecular complexity index is 358. The Hall–Kier alpha value is -1.46. The maximum atomic E-state index is 5.79. The Morgan fingerprint density at radius 2 is 2.21 bits per heavy atom. The first-order chi connectivity index (χ1) is 6.74. The third-order valence-electron chi connectivity index (χ3n) is 1.93. The number of nitrogens with two attached hydrogens (primary N) is 1. The number of hydrogen-bond acceptors (Lipinski definition) is 2. The first-order valence-electron chi connectivity index (χ1n) is 4.73. The van der Waals surface area contributed by atoms with Crippen LogP contribution in [0.1, 0.15) is 17.5 Å². The summed E-state index contributed by atoms with van der Waals surface area (Å²) in [5.74, 6) is 6.15. The quantitative estimate of drug-likeness (QED) is 0.420. The van der Waals surface area contributed by atoms with Gasteiger partial charge in [0, 0.05) is 24.2 Å². The molecule has 1 aromatic carbocycles. The highest BCUT2D eigenvalue weighted by Crippen LogP contribution is 2.11. The van der Waals surface area contributed by atoms with Gasteiger partial charge in [0.25, 0.3) is 0 Å². The van der Waals surface area contributed by atoms with E-state index in [4.69, 9.17) is 5.73 Å². The molecule has 0 heterocycles. The minimum absolute atomic E-state index is 0.757. The summed E-state index contributed by atoms with van der Waals surface area (Å²) in [5, 5.41) is 3.05. The van der Waals surface area contributed by atoms with Crippen LogP contribution in [-0.2, 0) is 0 Å². The molecule has 0 aliphatic carbocycles. The second kappa shape index (κ2) is 5.31. The molecule has 0 amide bonds. The number of nitrogen functional groups attached to an aromatic ring is 1. The molecule has 14 heavy (non-hydrogen) atoms. The van der Waals surface area contributed by atoms with Crippen LogP contribution in [0.3, 0.4) is 0 Å². The van der Waals surface area contributed by atoms with E-state index in [1.165, 1.54) is 5.56 Å². The van der Waals surface area contributed by atoms with Crippen LogP contribution < -0.4 is 11.1 Å². The average Bonchev–Trinajstić information content (AvgIpc) is 2.18. The van der Waals surface area contributed by atoms with Gasteiger partial charge < -0.3 is 11.1 Å². The minimum atomic E-state index is 0.757. The zero-order chi connectivity index (χ0) is 10.4. The van der Waals surface area contributed by atoms with Crippen LogP contribution in [-0.4, -0.2) is 13.6 Å². The van der Waals surface area contributed by atoms with E-state index in [0.717, 1.165) is 24.2 Å². The highest BCUT2D eigenvalue weighted by atomic mass is 14.8. The predicted octanol–water partition coefficient (Wildman–Crippen LogP) is 1.54. The van der Waals surface area contributed by atoms with Crippen LogP contribution >= 0.6 is 0 Å². The summed E-state index contributed by atoms with van der Waals surface area (Å²) >= 11 is 0. The van der Waals surface area contributed by atoms with Gasteiger partial charge >= 0.3 is 0 Å². The zero-order valence-electron chi connectivity index (χ0n) is 8.72. The molecule has 2 heteroatoms. The Labute approximate surface area is 85.5 Å². The zero-order valence-corrected chi connectivity index (χ0v) is 8.72. The van der Waals surface area contributed by atoms with Gasteiger partial charge in [0.05, 0.1) is 0 Å². The van der Waals surface area contributed by atoms with Crippen molar-refractivity contribution in [1.82, 2.24) is 5.32 Å². The molecule has 0 bridgehead atoms. The number of hydrogen-bond donors (Lipinski definition) is 2. The molecule has 0 saturated carbocycles. The second-order valence-electron chi connectivity index (χ2n) is 3.25. The maximum Gasteiger partial charge on any atom is 0.0477 e. The molecule has 0 aliphatic heterocycles. The summed E-state index contributed by atoms with van der Waals surface area (Å²) in [6, 6.07) is 5.91. The van der Waals surface area contributed by atoms with Crippen LogP contribution in [0.5, 0.6) is 0 Å². The predicted molar refractivity (Wildman–Crippen MR) is 61.0 cm³/mol. The summed E-state index contributed by atoms with van der Waals surface area (Å²) in [6.45, 7) is 2.96. The topological polar surface area (TPSA) is 38.0 Å². The lowest BCUT2D eigenvalue weighted by molar-refractivity contribution is 0.818. The van der Waals surface area contributed by atoms with Gasteiger partial charge in [-0.2, -0.15) is 0 Å². The third kappa shape index (κ3) is 3.12. The fraction of sp³-hybridized carbons (Fsp3) is 0.333. The molecule has 0 fully saturated rings. The number of rotatable bonds is 2. The molecule has 3 N–H and O–H groups in total. The number of aryl methyl sites for hydroxylation is 1. The van der Waals surface area contributed by atoms with Gasteiger partial charge in [-0.15, -0.1) is 0 Å². The Kier molecular flexibility index (Phi) is 4.03. The van der Waals surface area contributed by atoms with Gasteiger partial charge in [0.15, 0.2) is 0 Å². The van der Waals surface area contributed by atoms with Gasteiger partial charge in [-0.25, -0.2) is 0 Å². The normalized spacial score (nSPS) is 9.29. The number of benzene rings is 1. The van der Waals surface area contributed by atoms with Crippen LogP contribution in [0.25, 0.3) is 0 Å². The molecule has 0 atom stereocenters. The van der Waals surface area contributed by atoms with Crippen molar-refractivity contribution in [2.45, 2.75) is 13.3 Å². The molecule has 0 aromatic heterocycles. The van der Waals surface area contributed by atoms with E-state index >= 15 is 0 Å². The van der Waals surface area contributed by atoms with Crippen molar-refractivity contribution in [2.24, 2.45) is 0 Å². The standard InChI is InChI=1S/C12H16N2/c1-10-6-7-12(13)11(9-10)5-3-4-8-14-2/h6-7,9,14H,4,8,13H2,1-2H3. The first kappa shape index (κ1) is 10.6. The van der Waals surface area contributed by atoms with Crippen molar-refractivity contribution >= 4 is 5.69 Å². The van der Waals surface area contributed by atoms with E-state index in [9.17, 15) is 0 Å². The lowest BCUT2D eigenvalue weighted by Crippen LogP contribution is -2.05. The molecule has 1 rings (SSSR count). The SMILES string of the molecule is CNCCC#Cc1cc(C)ccc1N. The fourth-order valence-electron chi connectivity index (χ4n) is 1.12. The highest BCUT2D eigenvalue weighted by molar-refractivity contribution is 5.56. The fourth-order valence-corrected chi connectivity index (χ4v) is 1.12. The van der Waals surface area contributed by atoms with Crippen molar-refractivity contribution in [1.29, 1.82) is 0 Å². The largest absolute Gasteiger partial charge is 0.398 e. The van der Waals surface area contributed by atoms with E-state index in [2.05, 4.69) is 17.2 Å². The van der Waals surface area contributed by atoms with Gasteiger partial charge in [-0.05, 0) is 31.7 Å². The molecule has 0 saturated heterocycles. The Morgan fingerprint density at radius 1 is 1.43 bits per heavy atom. The molecular weight excluding hydrogens is 172 g/mol. The van der Waals surface area contributed by atoms with Crippen LogP contribution in [0, 0.1) is 18.8 Å². The summed E-state index contributed by atoms with van der Waals surface area (Å²) in [4.78, 5) is 0. The number of nitrogens with one attached hydrogen (secondary N) is 1. The van der Waals surface area contributed by atoms with Crippen molar-refractivity contribution in [3.63, 3.8) is 0 Å². The van der Waals surface area contributed by atoms with Gasteiger partial charge in [-0.1, -0.05) is 17.9 Å². The summed E-state index contributed by atoms with van der Waals surface area (Å²) in [7, 11) is 1.92. The molecular formula is C12H16N2. The van der Waals surface area contributed by atoms with Crippen LogP contribution in [0.4, 0.5) is 5.69 Å². The maximum absolute atomic E-state index is 5.79. The molecule has 0 spiro atoms. The summed E-state index contributed by atoms with van der Waals surface area (Å²) < 4.78 is 0. The second-order valence-corrected chi connectivity index (χ2v) is 3.25. The minimum Gasteiger partial charge on any atom is -0.398 e. The number of anilines is 1. The molecule has 1 aromatic rings. The monoisotopic (exact) mass is 188 g/mol. The summed E-state index contributed by atoms with van der Waals surface area (Å²) in [6.07, 6.45) is 0.851. The van der Waals surface area contributed by atoms with Crippen LogP contribution in [0.2, 0.25) is 0 Å². The Balaban J connectivity index is 2.73. The van der Waals surface area contributed by atoms with Gasteiger partial charge in [-0.3, -0.25) is 0 Å². The van der Waals surface area contributed by atoms with E-state index in [1.807, 2.05) is 32.2 Å². The molecule has 2 nitrogen and oxygen atoms in total. The van der Waals surface area contributed by atoms with E-state index in [1.54, 1.807) is 0 Å². The van der Waals surface area contributed by atoms with Gasteiger partial charge in [0.1, 0.15) is 0 Å². The van der Waals surface area contributed by atoms with E-state index in [0.29, 0.717) is 0 Å². The Morgan fingerprint density at radius 3 is 2.93 bits per heavy atom. The first-order valence-corrected chi connectivity index (χ1v) is 4.73. The van der Waals surface area contributed by atoms with Gasteiger partial charge in [0.2, 0.25) is 0 Å². The average molecular weight is 188 g/mol. The van der Waals surface area contributed by atoms with Crippen LogP contribution in [0.15, 0.2) is 18.2 Å². The lowest BCUT2D eigenvalue weighted by Gasteiger charge is -1.98. The molecule has 0 unspecified atom stereocenters. The van der Waals surface area contributed by atoms with Crippen molar-refractivity contribution in [3.8, 4) is 11.8 Å². The smallest absolute Gasteiger partial charge is 0.0477 e. The highest BCUT2D eigenvalue weighted by Gasteiger charge is 1.94. The lowest BCUT2D eigenvalue weighted by atomic mass is 10.1. The summed E-state index contributed by atoms with van der Waals surface area (Å²) in [5.41, 5.74) is 8.67. The van der Waals surface area contributed by atoms with Crippen molar-refractivity contribution in [3.05, 3.63) is 29.3 Å². The van der Waals surface area contributed by atoms with E-state index < -0.39 is 0 Å². The van der Waals surface area contributed by atoms with Crippen molar-refractivity contribution < 1.29 is 0 Å². The third-order valence-corrected chi connectivity index (χ3v) is 1.93.